The molecule has 5 aliphatic carbocycles. The summed E-state index contributed by atoms with van der Waals surface area (Å²) in [4.78, 5) is 0. The maximum absolute atomic E-state index is 11.0. The zero-order valence-electron chi connectivity index (χ0n) is 23.0. The van der Waals surface area contributed by atoms with Gasteiger partial charge in [0, 0.05) is 0 Å². The summed E-state index contributed by atoms with van der Waals surface area (Å²) in [7, 11) is 0. The van der Waals surface area contributed by atoms with Gasteiger partial charge >= 0.3 is 0 Å². The number of allylic oxidation sites excluding steroid dienone is 2. The molecule has 5 rings (SSSR count). The molecule has 34 heavy (non-hydrogen) atoms. The van der Waals surface area contributed by atoms with E-state index in [0.717, 1.165) is 36.2 Å². The minimum Gasteiger partial charge on any atom is -0.393 e. The van der Waals surface area contributed by atoms with Gasteiger partial charge in [0.05, 0.1) is 12.7 Å². The van der Waals surface area contributed by atoms with Crippen LogP contribution >= 0.6 is 0 Å². The second kappa shape index (κ2) is 7.95. The van der Waals surface area contributed by atoms with Crippen LogP contribution in [0.5, 0.6) is 0 Å². The van der Waals surface area contributed by atoms with Gasteiger partial charge in [-0.2, -0.15) is 0 Å². The van der Waals surface area contributed by atoms with Crippen LogP contribution in [0.25, 0.3) is 0 Å². The smallest absolute Gasteiger partial charge is 0.0639 e. The van der Waals surface area contributed by atoms with Gasteiger partial charge in [-0.1, -0.05) is 52.3 Å². The minimum atomic E-state index is -0.132. The number of hydrogen-bond acceptors (Lipinski definition) is 2. The van der Waals surface area contributed by atoms with Crippen LogP contribution in [0.15, 0.2) is 24.3 Å². The molecule has 0 saturated heterocycles. The molecule has 5 saturated carbocycles. The van der Waals surface area contributed by atoms with E-state index in [0.29, 0.717) is 28.1 Å². The molecule has 5 aliphatic rings. The average Bonchev–Trinajstić information content (AvgIpc) is 3.17. The van der Waals surface area contributed by atoms with E-state index >= 15 is 0 Å². The fraction of sp³-hybridized carbons (Fsp3) is 0.875. The first kappa shape index (κ1) is 25.1. The molecule has 0 amide bonds. The molecule has 0 radical (unpaired) electrons. The molecule has 0 aliphatic heterocycles. The van der Waals surface area contributed by atoms with Gasteiger partial charge in [0.15, 0.2) is 0 Å². The molecule has 192 valence electrons. The van der Waals surface area contributed by atoms with Crippen molar-refractivity contribution >= 4 is 0 Å². The highest BCUT2D eigenvalue weighted by molar-refractivity contribution is 5.35. The third-order valence-corrected chi connectivity index (χ3v) is 13.8. The van der Waals surface area contributed by atoms with Crippen LogP contribution in [0.4, 0.5) is 0 Å². The van der Waals surface area contributed by atoms with E-state index in [4.69, 9.17) is 0 Å². The molecule has 2 N–H and O–H groups in total. The molecule has 0 aromatic heterocycles. The average molecular weight is 469 g/mol. The van der Waals surface area contributed by atoms with Gasteiger partial charge in [0.2, 0.25) is 0 Å². The van der Waals surface area contributed by atoms with Gasteiger partial charge in [-0.05, 0) is 128 Å². The minimum absolute atomic E-state index is 0.0516. The van der Waals surface area contributed by atoms with Gasteiger partial charge in [0.1, 0.15) is 0 Å². The molecular weight excluding hydrogens is 416 g/mol. The van der Waals surface area contributed by atoms with E-state index in [9.17, 15) is 10.2 Å². The molecular formula is C32H52O2. The quantitative estimate of drug-likeness (QED) is 0.395. The molecule has 0 bridgehead atoms. The van der Waals surface area contributed by atoms with Crippen molar-refractivity contribution in [2.24, 2.45) is 56.7 Å². The Morgan fingerprint density at radius 3 is 2.35 bits per heavy atom. The summed E-state index contributed by atoms with van der Waals surface area (Å²) in [6, 6.07) is 0. The van der Waals surface area contributed by atoms with Gasteiger partial charge in [0.25, 0.3) is 0 Å². The van der Waals surface area contributed by atoms with Crippen molar-refractivity contribution in [3.63, 3.8) is 0 Å². The van der Waals surface area contributed by atoms with E-state index in [-0.39, 0.29) is 23.5 Å². The SMILES string of the molecule is C=C[C@@]12CCC(C(C)CC/C=C(\C)CO)[C@@]1(C)CC[C@]13[C@H]2CCC2C(C)(C)[C@@H](O)CC[C@@]21[C@H]3C. The maximum atomic E-state index is 11.0. The van der Waals surface area contributed by atoms with Crippen molar-refractivity contribution in [2.75, 3.05) is 6.61 Å². The van der Waals surface area contributed by atoms with Gasteiger partial charge < -0.3 is 10.2 Å². The van der Waals surface area contributed by atoms with Crippen LogP contribution in [-0.2, 0) is 0 Å². The molecule has 0 heterocycles. The summed E-state index contributed by atoms with van der Waals surface area (Å²) in [5.74, 6) is 3.75. The molecule has 2 spiro atoms. The molecule has 0 aromatic carbocycles. The van der Waals surface area contributed by atoms with Crippen molar-refractivity contribution in [1.82, 2.24) is 0 Å². The van der Waals surface area contributed by atoms with E-state index in [1.807, 2.05) is 6.92 Å². The fourth-order valence-corrected chi connectivity index (χ4v) is 12.0. The predicted molar refractivity (Wildman–Crippen MR) is 141 cm³/mol. The maximum Gasteiger partial charge on any atom is 0.0639 e. The molecule has 5 fully saturated rings. The Bertz CT molecular complexity index is 857. The Kier molecular flexibility index (Phi) is 5.86. The number of rotatable bonds is 6. The van der Waals surface area contributed by atoms with Crippen LogP contribution in [0.2, 0.25) is 0 Å². The number of hydrogen-bond donors (Lipinski definition) is 2. The number of fused-ring (bicyclic) bond motifs is 2. The standard InChI is InChI=1S/C32H52O2/c1-8-30-16-14-24(22(3)11-9-10-21(2)20-33)29(30,7)18-19-32-23(4)31(32)17-15-27(34)28(5,6)25(31)12-13-26(30)32/h8,10,22-27,33-34H,1,9,11-20H2,2-7H3/b21-10+/t22?,23-,24?,25?,26+,27+,29-,30+,31-,32+/m1/s1. The Labute approximate surface area is 209 Å². The Morgan fingerprint density at radius 2 is 1.68 bits per heavy atom. The Hall–Kier alpha value is -0.600. The van der Waals surface area contributed by atoms with Gasteiger partial charge in [-0.25, -0.2) is 0 Å². The molecule has 2 heteroatoms. The summed E-state index contributed by atoms with van der Waals surface area (Å²) >= 11 is 0. The van der Waals surface area contributed by atoms with Crippen LogP contribution in [0.3, 0.4) is 0 Å². The van der Waals surface area contributed by atoms with Crippen molar-refractivity contribution in [3.8, 4) is 0 Å². The molecule has 3 unspecified atom stereocenters. The van der Waals surface area contributed by atoms with Gasteiger partial charge in [-0.3, -0.25) is 0 Å². The summed E-state index contributed by atoms with van der Waals surface area (Å²) in [6.07, 6.45) is 17.3. The lowest BCUT2D eigenvalue weighted by molar-refractivity contribution is -0.152. The normalized spacial score (nSPS) is 52.1. The Balaban J connectivity index is 1.45. The predicted octanol–water partition coefficient (Wildman–Crippen LogP) is 7.55. The highest BCUT2D eigenvalue weighted by Crippen LogP contribution is 2.91. The second-order valence-electron chi connectivity index (χ2n) is 14.4. The second-order valence-corrected chi connectivity index (χ2v) is 14.4. The van der Waals surface area contributed by atoms with E-state index in [1.165, 1.54) is 51.4 Å². The van der Waals surface area contributed by atoms with Crippen molar-refractivity contribution in [2.45, 2.75) is 112 Å². The van der Waals surface area contributed by atoms with E-state index in [2.05, 4.69) is 53.3 Å². The summed E-state index contributed by atoms with van der Waals surface area (Å²) in [6.45, 7) is 19.3. The van der Waals surface area contributed by atoms with Crippen LogP contribution in [-0.4, -0.2) is 22.9 Å². The summed E-state index contributed by atoms with van der Waals surface area (Å²) in [5.41, 5.74) is 2.75. The summed E-state index contributed by atoms with van der Waals surface area (Å²) in [5, 5.41) is 20.3. The topological polar surface area (TPSA) is 40.5 Å². The van der Waals surface area contributed by atoms with E-state index < -0.39 is 0 Å². The highest BCUT2D eigenvalue weighted by atomic mass is 16.3. The molecule has 2 nitrogen and oxygen atoms in total. The first-order valence-corrected chi connectivity index (χ1v) is 14.6. The molecule has 0 aromatic rings. The largest absolute Gasteiger partial charge is 0.393 e. The zero-order valence-corrected chi connectivity index (χ0v) is 23.0. The third kappa shape index (κ3) is 2.77. The lowest BCUT2D eigenvalue weighted by Crippen LogP contribution is -2.58. The lowest BCUT2D eigenvalue weighted by atomic mass is 9.41. The number of aliphatic hydroxyl groups excluding tert-OH is 2. The number of aliphatic hydroxyl groups is 2. The molecule has 10 atom stereocenters. The lowest BCUT2D eigenvalue weighted by Gasteiger charge is -2.63. The van der Waals surface area contributed by atoms with Crippen molar-refractivity contribution in [3.05, 3.63) is 24.3 Å². The van der Waals surface area contributed by atoms with Gasteiger partial charge in [-0.15, -0.1) is 6.58 Å². The fourth-order valence-electron chi connectivity index (χ4n) is 12.0. The van der Waals surface area contributed by atoms with Crippen LogP contribution in [0.1, 0.15) is 106 Å². The zero-order chi connectivity index (χ0) is 24.7. The Morgan fingerprint density at radius 1 is 1.00 bits per heavy atom. The first-order valence-electron chi connectivity index (χ1n) is 14.6. The van der Waals surface area contributed by atoms with E-state index in [1.54, 1.807) is 0 Å². The highest BCUT2D eigenvalue weighted by Gasteiger charge is 2.86. The van der Waals surface area contributed by atoms with Crippen LogP contribution in [0, 0.1) is 56.7 Å². The third-order valence-electron chi connectivity index (χ3n) is 13.8. The van der Waals surface area contributed by atoms with Crippen molar-refractivity contribution < 1.29 is 10.2 Å². The van der Waals surface area contributed by atoms with Crippen molar-refractivity contribution in [1.29, 1.82) is 0 Å². The first-order chi connectivity index (χ1) is 16.0. The van der Waals surface area contributed by atoms with Crippen LogP contribution < -0.4 is 0 Å². The monoisotopic (exact) mass is 468 g/mol. The summed E-state index contributed by atoms with van der Waals surface area (Å²) < 4.78 is 0.